The molecule has 0 radical (unpaired) electrons. The first-order chi connectivity index (χ1) is 9.07. The summed E-state index contributed by atoms with van der Waals surface area (Å²) in [6.07, 6.45) is 4.17. The molecule has 1 aromatic heterocycles. The Hall–Kier alpha value is -0.560. The maximum Gasteiger partial charge on any atom is 0.347 e. The molecule has 5 nitrogen and oxygen atoms in total. The number of nitrogens with zero attached hydrogens (tertiary/aromatic N) is 3. The number of alkyl halides is 2. The third kappa shape index (κ3) is 1.22. The van der Waals surface area contributed by atoms with Crippen LogP contribution in [0, 0.1) is 11.8 Å². The van der Waals surface area contributed by atoms with E-state index in [1.165, 1.54) is 4.57 Å². The molecular weight excluding hydrogens is 378 g/mol. The fourth-order valence-electron chi connectivity index (χ4n) is 3.84. The van der Waals surface area contributed by atoms with Crippen molar-refractivity contribution in [1.29, 1.82) is 0 Å². The first-order valence-corrected chi connectivity index (χ1v) is 8.31. The van der Waals surface area contributed by atoms with Crippen molar-refractivity contribution in [2.24, 2.45) is 11.8 Å². The van der Waals surface area contributed by atoms with Gasteiger partial charge in [0.25, 0.3) is 0 Å². The molecule has 0 unspecified atom stereocenters. The van der Waals surface area contributed by atoms with Crippen molar-refractivity contribution >= 4 is 31.9 Å². The molecule has 0 spiro atoms. The number of halogens is 2. The van der Waals surface area contributed by atoms with E-state index >= 15 is 0 Å². The molecule has 1 fully saturated rings. The topological polar surface area (TPSA) is 48.9 Å². The van der Waals surface area contributed by atoms with Gasteiger partial charge in [-0.15, -0.1) is 0 Å². The van der Waals surface area contributed by atoms with E-state index in [0.29, 0.717) is 28.0 Å². The van der Waals surface area contributed by atoms with Crippen LogP contribution in [0.4, 0.5) is 0 Å². The zero-order chi connectivity index (χ0) is 13.5. The summed E-state index contributed by atoms with van der Waals surface area (Å²) in [4.78, 5) is 25.4. The van der Waals surface area contributed by atoms with Gasteiger partial charge in [0.05, 0.1) is 12.1 Å². The zero-order valence-corrected chi connectivity index (χ0v) is 13.4. The number of aromatic nitrogens is 3. The third-order valence-electron chi connectivity index (χ3n) is 4.75. The average Bonchev–Trinajstić information content (AvgIpc) is 2.70. The van der Waals surface area contributed by atoms with Gasteiger partial charge in [0.1, 0.15) is 0 Å². The maximum absolute atomic E-state index is 12.4. The molecule has 102 valence electrons. The van der Waals surface area contributed by atoms with Crippen molar-refractivity contribution in [2.75, 3.05) is 0 Å². The van der Waals surface area contributed by atoms with Gasteiger partial charge in [0.2, 0.25) is 0 Å². The van der Waals surface area contributed by atoms with Crippen molar-refractivity contribution in [3.05, 3.63) is 33.1 Å². The number of hydrogen-bond acceptors (Lipinski definition) is 2. The van der Waals surface area contributed by atoms with Crippen LogP contribution in [0.2, 0.25) is 0 Å². The maximum atomic E-state index is 12.4. The van der Waals surface area contributed by atoms with Crippen LogP contribution in [-0.2, 0) is 6.54 Å². The van der Waals surface area contributed by atoms with E-state index in [1.807, 2.05) is 6.92 Å². The first kappa shape index (κ1) is 12.2. The smallest absolute Gasteiger partial charge is 0.246 e. The van der Waals surface area contributed by atoms with Gasteiger partial charge in [-0.05, 0) is 6.92 Å². The van der Waals surface area contributed by atoms with Crippen molar-refractivity contribution in [2.45, 2.75) is 35.2 Å². The van der Waals surface area contributed by atoms with Gasteiger partial charge in [0, 0.05) is 28.0 Å². The summed E-state index contributed by atoms with van der Waals surface area (Å²) >= 11 is 7.40. The summed E-state index contributed by atoms with van der Waals surface area (Å²) in [6, 6.07) is 0.00218. The lowest BCUT2D eigenvalue weighted by Gasteiger charge is -2.58. The molecule has 2 aliphatic carbocycles. The van der Waals surface area contributed by atoms with Crippen LogP contribution in [0.25, 0.3) is 0 Å². The Balaban J connectivity index is 1.99. The summed E-state index contributed by atoms with van der Waals surface area (Å²) in [5.41, 5.74) is -0.356. The average molecular weight is 391 g/mol. The molecule has 6 atom stereocenters. The molecule has 2 aliphatic heterocycles. The van der Waals surface area contributed by atoms with E-state index < -0.39 is 0 Å². The highest BCUT2D eigenvalue weighted by Gasteiger charge is 2.60. The zero-order valence-electron chi connectivity index (χ0n) is 10.2. The minimum absolute atomic E-state index is 0.00109. The van der Waals surface area contributed by atoms with Crippen molar-refractivity contribution in [3.8, 4) is 0 Å². The third-order valence-corrected chi connectivity index (χ3v) is 7.81. The van der Waals surface area contributed by atoms with Crippen LogP contribution < -0.4 is 11.4 Å². The standard InChI is InChI=1S/C12H13Br2N3O2/c1-2-15-11(18)16-5-3-4-6(17(16)12(15)19)8-7(5)9(13)10(8)14/h3-10H,2H2,1H3/t5-,6-,7-,8+,9-,10-/m0/s1. The molecule has 1 aromatic rings. The van der Waals surface area contributed by atoms with Crippen molar-refractivity contribution in [1.82, 2.24) is 13.9 Å². The second-order valence-electron chi connectivity index (χ2n) is 5.41. The molecule has 3 heterocycles. The summed E-state index contributed by atoms with van der Waals surface area (Å²) in [5, 5.41) is 0. The largest absolute Gasteiger partial charge is 0.347 e. The van der Waals surface area contributed by atoms with Gasteiger partial charge in [-0.25, -0.2) is 23.5 Å². The summed E-state index contributed by atoms with van der Waals surface area (Å²) in [6.45, 7) is 2.26. The lowest BCUT2D eigenvalue weighted by atomic mass is 9.62. The molecule has 0 N–H and O–H groups in total. The fourth-order valence-corrected chi connectivity index (χ4v) is 5.87. The molecule has 0 saturated heterocycles. The SMILES string of the molecule is CCn1c(=O)n2n(c1=O)[C@H]1C=C[C@H]2[C@@H]2[C@H](Br)[C@@H](Br)[C@@H]21. The Bertz CT molecular complexity index is 645. The van der Waals surface area contributed by atoms with E-state index in [0.717, 1.165) is 0 Å². The van der Waals surface area contributed by atoms with Gasteiger partial charge in [-0.1, -0.05) is 44.0 Å². The Labute approximate surface area is 126 Å². The predicted molar refractivity (Wildman–Crippen MR) is 78.3 cm³/mol. The van der Waals surface area contributed by atoms with E-state index in [9.17, 15) is 9.59 Å². The molecular formula is C12H13Br2N3O2. The predicted octanol–water partition coefficient (Wildman–Crippen LogP) is 1.27. The van der Waals surface area contributed by atoms with Crippen LogP contribution in [0.1, 0.15) is 19.0 Å². The summed E-state index contributed by atoms with van der Waals surface area (Å²) in [5.74, 6) is 0.786. The molecule has 0 amide bonds. The molecule has 1 saturated carbocycles. The minimum Gasteiger partial charge on any atom is -0.246 e. The summed E-state index contributed by atoms with van der Waals surface area (Å²) in [7, 11) is 0. The van der Waals surface area contributed by atoms with E-state index in [-0.39, 0.29) is 23.5 Å². The Morgan fingerprint density at radius 3 is 1.79 bits per heavy atom. The molecule has 5 rings (SSSR count). The van der Waals surface area contributed by atoms with Crippen LogP contribution in [0.15, 0.2) is 21.7 Å². The van der Waals surface area contributed by atoms with Crippen LogP contribution in [-0.4, -0.2) is 23.6 Å². The summed E-state index contributed by atoms with van der Waals surface area (Å²) < 4.78 is 4.64. The monoisotopic (exact) mass is 389 g/mol. The fraction of sp³-hybridized carbons (Fsp3) is 0.667. The quantitative estimate of drug-likeness (QED) is 0.535. The first-order valence-electron chi connectivity index (χ1n) is 6.48. The molecule has 19 heavy (non-hydrogen) atoms. The van der Waals surface area contributed by atoms with Crippen LogP contribution >= 0.6 is 31.9 Å². The highest BCUT2D eigenvalue weighted by Crippen LogP contribution is 2.59. The van der Waals surface area contributed by atoms with Crippen LogP contribution in [0.3, 0.4) is 0 Å². The van der Waals surface area contributed by atoms with Crippen molar-refractivity contribution < 1.29 is 0 Å². The van der Waals surface area contributed by atoms with Gasteiger partial charge in [-0.2, -0.15) is 0 Å². The van der Waals surface area contributed by atoms with Crippen molar-refractivity contribution in [3.63, 3.8) is 0 Å². The number of hydrogen-bond donors (Lipinski definition) is 0. The Kier molecular flexibility index (Phi) is 2.41. The number of allylic oxidation sites excluding steroid dienone is 2. The minimum atomic E-state index is -0.178. The highest BCUT2D eigenvalue weighted by atomic mass is 79.9. The lowest BCUT2D eigenvalue weighted by molar-refractivity contribution is 0.0346. The van der Waals surface area contributed by atoms with Gasteiger partial charge in [0.15, 0.2) is 0 Å². The Morgan fingerprint density at radius 2 is 1.42 bits per heavy atom. The second kappa shape index (κ2) is 3.75. The highest BCUT2D eigenvalue weighted by molar-refractivity contribution is 9.12. The van der Waals surface area contributed by atoms with E-state index in [1.54, 1.807) is 9.36 Å². The molecule has 0 aromatic carbocycles. The number of rotatable bonds is 1. The Morgan fingerprint density at radius 1 is 1.00 bits per heavy atom. The lowest BCUT2D eigenvalue weighted by Crippen LogP contribution is -2.63. The van der Waals surface area contributed by atoms with Gasteiger partial charge in [-0.3, -0.25) is 0 Å². The molecule has 7 heteroatoms. The van der Waals surface area contributed by atoms with E-state index in [2.05, 4.69) is 44.0 Å². The van der Waals surface area contributed by atoms with Crippen LogP contribution in [0.5, 0.6) is 0 Å². The normalized spacial score (nSPS) is 41.8. The van der Waals surface area contributed by atoms with Gasteiger partial charge < -0.3 is 0 Å². The molecule has 2 bridgehead atoms. The second-order valence-corrected chi connectivity index (χ2v) is 7.52. The van der Waals surface area contributed by atoms with Gasteiger partial charge >= 0.3 is 11.4 Å². The van der Waals surface area contributed by atoms with E-state index in [4.69, 9.17) is 0 Å². The molecule has 4 aliphatic rings.